The summed E-state index contributed by atoms with van der Waals surface area (Å²) in [7, 11) is 1.67. The van der Waals surface area contributed by atoms with Gasteiger partial charge in [0.05, 0.1) is 13.2 Å². The summed E-state index contributed by atoms with van der Waals surface area (Å²) in [6.45, 7) is 2.98. The van der Waals surface area contributed by atoms with Gasteiger partial charge >= 0.3 is 0 Å². The number of nitrogens with one attached hydrogen (secondary N) is 1. The molecular weight excluding hydrogens is 274 g/mol. The molecule has 1 N–H and O–H groups in total. The zero-order chi connectivity index (χ0) is 13.9. The van der Waals surface area contributed by atoms with E-state index in [9.17, 15) is 0 Å². The minimum Gasteiger partial charge on any atom is -0.496 e. The van der Waals surface area contributed by atoms with E-state index in [4.69, 9.17) is 9.26 Å². The number of methoxy groups -OCH3 is 1. The van der Waals surface area contributed by atoms with Gasteiger partial charge < -0.3 is 14.6 Å². The lowest BCUT2D eigenvalue weighted by Gasteiger charge is -2.19. The number of ether oxygens (including phenoxy) is 1. The number of thioether (sulfide) groups is 1. The molecule has 2 heterocycles. The van der Waals surface area contributed by atoms with E-state index in [1.54, 1.807) is 7.11 Å². The Hall–Kier alpha value is -1.53. The van der Waals surface area contributed by atoms with Crippen LogP contribution in [0.2, 0.25) is 0 Å². The van der Waals surface area contributed by atoms with Crippen LogP contribution in [-0.4, -0.2) is 35.3 Å². The second kappa shape index (κ2) is 5.85. The van der Waals surface area contributed by atoms with Crippen molar-refractivity contribution in [2.24, 2.45) is 0 Å². The fraction of sp³-hybridized carbons (Fsp3) is 0.429. The van der Waals surface area contributed by atoms with Gasteiger partial charge in [0.2, 0.25) is 11.7 Å². The van der Waals surface area contributed by atoms with Crippen LogP contribution in [0.15, 0.2) is 22.7 Å². The van der Waals surface area contributed by atoms with Gasteiger partial charge in [0.25, 0.3) is 0 Å². The molecule has 1 fully saturated rings. The molecule has 5 nitrogen and oxygen atoms in total. The molecule has 1 aliphatic rings. The predicted molar refractivity (Wildman–Crippen MR) is 79.1 cm³/mol. The largest absolute Gasteiger partial charge is 0.496 e. The minimum absolute atomic E-state index is 0.161. The van der Waals surface area contributed by atoms with Crippen LogP contribution in [0.25, 0.3) is 11.4 Å². The van der Waals surface area contributed by atoms with Crippen molar-refractivity contribution in [2.45, 2.75) is 13.0 Å². The Morgan fingerprint density at radius 1 is 1.45 bits per heavy atom. The summed E-state index contributed by atoms with van der Waals surface area (Å²) in [6, 6.07) is 6.05. The van der Waals surface area contributed by atoms with E-state index in [0.29, 0.717) is 11.7 Å². The fourth-order valence-electron chi connectivity index (χ4n) is 2.24. The molecule has 0 radical (unpaired) electrons. The van der Waals surface area contributed by atoms with Gasteiger partial charge in [-0.05, 0) is 30.7 Å². The number of hydrogen-bond acceptors (Lipinski definition) is 6. The lowest BCUT2D eigenvalue weighted by molar-refractivity contribution is 0.342. The molecule has 2 aromatic rings. The first-order valence-corrected chi connectivity index (χ1v) is 7.73. The van der Waals surface area contributed by atoms with E-state index >= 15 is 0 Å². The van der Waals surface area contributed by atoms with Crippen molar-refractivity contribution in [3.8, 4) is 17.1 Å². The van der Waals surface area contributed by atoms with Crippen molar-refractivity contribution in [2.75, 3.05) is 25.2 Å². The first-order chi connectivity index (χ1) is 9.78. The number of nitrogens with zero attached hydrogens (tertiary/aromatic N) is 2. The molecular formula is C14H17N3O2S. The van der Waals surface area contributed by atoms with Crippen molar-refractivity contribution >= 4 is 11.8 Å². The average Bonchev–Trinajstić information content (AvgIpc) is 2.98. The lowest BCUT2D eigenvalue weighted by atomic mass is 10.1. The van der Waals surface area contributed by atoms with Crippen molar-refractivity contribution in [3.63, 3.8) is 0 Å². The quantitative estimate of drug-likeness (QED) is 0.937. The van der Waals surface area contributed by atoms with Crippen molar-refractivity contribution in [1.82, 2.24) is 15.5 Å². The van der Waals surface area contributed by atoms with Gasteiger partial charge in [-0.2, -0.15) is 16.7 Å². The number of aryl methyl sites for hydroxylation is 1. The fourth-order valence-corrected chi connectivity index (χ4v) is 3.16. The standard InChI is InChI=1S/C14H17N3O2S/c1-9-7-10(3-4-12(9)18-2)13-16-14(19-17-13)11-8-20-6-5-15-11/h3-4,7,11,15H,5-6,8H2,1-2H3. The lowest BCUT2D eigenvalue weighted by Crippen LogP contribution is -2.30. The summed E-state index contributed by atoms with van der Waals surface area (Å²) in [5.41, 5.74) is 2.00. The van der Waals surface area contributed by atoms with Crippen molar-refractivity contribution in [3.05, 3.63) is 29.7 Å². The summed E-state index contributed by atoms with van der Waals surface area (Å²) in [5, 5.41) is 7.47. The Balaban J connectivity index is 1.84. The molecule has 1 saturated heterocycles. The van der Waals surface area contributed by atoms with E-state index < -0.39 is 0 Å². The molecule has 1 aromatic heterocycles. The minimum atomic E-state index is 0.161. The van der Waals surface area contributed by atoms with E-state index in [0.717, 1.165) is 34.9 Å². The Morgan fingerprint density at radius 3 is 3.05 bits per heavy atom. The molecule has 1 atom stereocenters. The summed E-state index contributed by atoms with van der Waals surface area (Å²) < 4.78 is 10.6. The second-order valence-electron chi connectivity index (χ2n) is 4.72. The van der Waals surface area contributed by atoms with Crippen LogP contribution in [0.4, 0.5) is 0 Å². The van der Waals surface area contributed by atoms with Gasteiger partial charge in [0.15, 0.2) is 0 Å². The molecule has 0 spiro atoms. The highest BCUT2D eigenvalue weighted by Gasteiger charge is 2.21. The number of benzene rings is 1. The topological polar surface area (TPSA) is 60.2 Å². The molecule has 20 heavy (non-hydrogen) atoms. The maximum atomic E-state index is 5.39. The third-order valence-corrected chi connectivity index (χ3v) is 4.38. The van der Waals surface area contributed by atoms with Crippen LogP contribution in [0.3, 0.4) is 0 Å². The van der Waals surface area contributed by atoms with Crippen molar-refractivity contribution in [1.29, 1.82) is 0 Å². The molecule has 0 bridgehead atoms. The summed E-state index contributed by atoms with van der Waals surface area (Å²) in [4.78, 5) is 4.51. The van der Waals surface area contributed by atoms with Crippen LogP contribution in [0, 0.1) is 6.92 Å². The van der Waals surface area contributed by atoms with Gasteiger partial charge in [-0.25, -0.2) is 0 Å². The Bertz CT molecular complexity index is 594. The number of hydrogen-bond donors (Lipinski definition) is 1. The van der Waals surface area contributed by atoms with E-state index in [-0.39, 0.29) is 6.04 Å². The molecule has 6 heteroatoms. The summed E-state index contributed by atoms with van der Waals surface area (Å²) in [5.74, 6) is 4.27. The van der Waals surface area contributed by atoms with Gasteiger partial charge in [-0.15, -0.1) is 0 Å². The van der Waals surface area contributed by atoms with Crippen LogP contribution in [-0.2, 0) is 0 Å². The Morgan fingerprint density at radius 2 is 2.35 bits per heavy atom. The van der Waals surface area contributed by atoms with Crippen LogP contribution < -0.4 is 10.1 Å². The highest BCUT2D eigenvalue weighted by atomic mass is 32.2. The van der Waals surface area contributed by atoms with E-state index in [1.165, 1.54) is 0 Å². The van der Waals surface area contributed by atoms with Gasteiger partial charge in [0, 0.05) is 23.6 Å². The maximum Gasteiger partial charge on any atom is 0.244 e. The number of rotatable bonds is 3. The van der Waals surface area contributed by atoms with Crippen molar-refractivity contribution < 1.29 is 9.26 Å². The van der Waals surface area contributed by atoms with Crippen LogP contribution >= 0.6 is 11.8 Å². The van der Waals surface area contributed by atoms with E-state index in [2.05, 4.69) is 15.5 Å². The summed E-state index contributed by atoms with van der Waals surface area (Å²) >= 11 is 1.90. The van der Waals surface area contributed by atoms with Gasteiger partial charge in [0.1, 0.15) is 5.75 Å². The second-order valence-corrected chi connectivity index (χ2v) is 5.87. The van der Waals surface area contributed by atoms with E-state index in [1.807, 2.05) is 36.9 Å². The smallest absolute Gasteiger partial charge is 0.244 e. The monoisotopic (exact) mass is 291 g/mol. The average molecular weight is 291 g/mol. The molecule has 1 aliphatic heterocycles. The normalized spacial score (nSPS) is 19.0. The molecule has 1 unspecified atom stereocenters. The Kier molecular flexibility index (Phi) is 3.93. The highest BCUT2D eigenvalue weighted by Crippen LogP contribution is 2.26. The molecule has 3 rings (SSSR count). The first-order valence-electron chi connectivity index (χ1n) is 6.57. The zero-order valence-corrected chi connectivity index (χ0v) is 12.4. The third-order valence-electron chi connectivity index (χ3n) is 3.31. The Labute approximate surface area is 122 Å². The van der Waals surface area contributed by atoms with Crippen LogP contribution in [0.1, 0.15) is 17.5 Å². The maximum absolute atomic E-state index is 5.39. The predicted octanol–water partition coefficient (Wildman–Crippen LogP) is 2.43. The molecule has 0 amide bonds. The third kappa shape index (κ3) is 2.66. The van der Waals surface area contributed by atoms with Crippen LogP contribution in [0.5, 0.6) is 5.75 Å². The summed E-state index contributed by atoms with van der Waals surface area (Å²) in [6.07, 6.45) is 0. The molecule has 1 aromatic carbocycles. The number of aromatic nitrogens is 2. The first kappa shape index (κ1) is 13.5. The van der Waals surface area contributed by atoms with Gasteiger partial charge in [-0.1, -0.05) is 5.16 Å². The zero-order valence-electron chi connectivity index (χ0n) is 11.5. The molecule has 0 saturated carbocycles. The molecule has 106 valence electrons. The van der Waals surface area contributed by atoms with Gasteiger partial charge in [-0.3, -0.25) is 0 Å². The molecule has 0 aliphatic carbocycles. The SMILES string of the molecule is COc1ccc(-c2noc(C3CSCCN3)n2)cc1C. The highest BCUT2D eigenvalue weighted by molar-refractivity contribution is 7.99.